The van der Waals surface area contributed by atoms with E-state index in [1.165, 1.54) is 10.4 Å². The van der Waals surface area contributed by atoms with Crippen LogP contribution in [0.1, 0.15) is 30.7 Å². The maximum atomic E-state index is 12.4. The number of allylic oxidation sites excluding steroid dienone is 2. The van der Waals surface area contributed by atoms with Crippen molar-refractivity contribution in [3.05, 3.63) is 40.7 Å². The van der Waals surface area contributed by atoms with Gasteiger partial charge >= 0.3 is 0 Å². The number of aromatic nitrogens is 2. The molecule has 6 nitrogen and oxygen atoms in total. The maximum Gasteiger partial charge on any atom is 0.246 e. The smallest absolute Gasteiger partial charge is 0.246 e. The summed E-state index contributed by atoms with van der Waals surface area (Å²) in [6, 6.07) is 0. The molecular formula is C19H25N5OS. The Balaban J connectivity index is 1.86. The van der Waals surface area contributed by atoms with Crippen molar-refractivity contribution in [3.8, 4) is 0 Å². The number of thiophene rings is 1. The van der Waals surface area contributed by atoms with Crippen LogP contribution in [0.3, 0.4) is 0 Å². The second-order valence-electron chi connectivity index (χ2n) is 6.30. The van der Waals surface area contributed by atoms with Crippen LogP contribution in [0.5, 0.6) is 0 Å². The largest absolute Gasteiger partial charge is 0.344 e. The predicted molar refractivity (Wildman–Crippen MR) is 107 cm³/mol. The average molecular weight is 372 g/mol. The third kappa shape index (κ3) is 3.94. The van der Waals surface area contributed by atoms with E-state index in [9.17, 15) is 4.79 Å². The highest BCUT2D eigenvalue weighted by molar-refractivity contribution is 7.19. The van der Waals surface area contributed by atoms with Crippen LogP contribution in [0.4, 0.5) is 5.82 Å². The second-order valence-corrected chi connectivity index (χ2v) is 7.38. The van der Waals surface area contributed by atoms with Gasteiger partial charge in [0.25, 0.3) is 0 Å². The van der Waals surface area contributed by atoms with Gasteiger partial charge < -0.3 is 15.5 Å². The molecule has 2 N–H and O–H groups in total. The molecule has 0 radical (unpaired) electrons. The van der Waals surface area contributed by atoms with Crippen LogP contribution in [0.2, 0.25) is 0 Å². The van der Waals surface area contributed by atoms with Gasteiger partial charge in [-0.25, -0.2) is 9.97 Å². The van der Waals surface area contributed by atoms with Gasteiger partial charge in [-0.2, -0.15) is 0 Å². The molecule has 26 heavy (non-hydrogen) atoms. The molecule has 0 saturated heterocycles. The van der Waals surface area contributed by atoms with E-state index in [2.05, 4.69) is 33.6 Å². The van der Waals surface area contributed by atoms with Crippen molar-refractivity contribution in [2.75, 3.05) is 25.5 Å². The SMILES string of the molecule is CC/C=C(\C)Nc1ncnc2sc3c(c12)CCN(C(=O)/C=C/CNC)C3. The molecule has 7 heteroatoms. The van der Waals surface area contributed by atoms with Gasteiger partial charge in [0, 0.05) is 29.7 Å². The third-order valence-corrected chi connectivity index (χ3v) is 5.48. The Bertz CT molecular complexity index is 855. The van der Waals surface area contributed by atoms with E-state index in [1.54, 1.807) is 23.7 Å². The average Bonchev–Trinajstić information content (AvgIpc) is 3.00. The van der Waals surface area contributed by atoms with E-state index in [-0.39, 0.29) is 5.91 Å². The quantitative estimate of drug-likeness (QED) is 0.764. The summed E-state index contributed by atoms with van der Waals surface area (Å²) >= 11 is 1.66. The Kier molecular flexibility index (Phi) is 6.00. The minimum absolute atomic E-state index is 0.0644. The van der Waals surface area contributed by atoms with Gasteiger partial charge in [0.15, 0.2) is 0 Å². The zero-order valence-corrected chi connectivity index (χ0v) is 16.3. The maximum absolute atomic E-state index is 12.4. The van der Waals surface area contributed by atoms with Gasteiger partial charge in [0.05, 0.1) is 11.9 Å². The molecule has 0 bridgehead atoms. The molecule has 0 aliphatic carbocycles. The molecule has 3 heterocycles. The summed E-state index contributed by atoms with van der Waals surface area (Å²) in [6.45, 7) is 6.23. The van der Waals surface area contributed by atoms with Crippen molar-refractivity contribution in [3.63, 3.8) is 0 Å². The lowest BCUT2D eigenvalue weighted by Gasteiger charge is -2.26. The van der Waals surface area contributed by atoms with Crippen molar-refractivity contribution in [2.24, 2.45) is 0 Å². The summed E-state index contributed by atoms with van der Waals surface area (Å²) in [5, 5.41) is 7.52. The van der Waals surface area contributed by atoms with Crippen LogP contribution in [0.25, 0.3) is 10.2 Å². The van der Waals surface area contributed by atoms with Crippen LogP contribution >= 0.6 is 11.3 Å². The zero-order chi connectivity index (χ0) is 18.5. The van der Waals surface area contributed by atoms with Crippen LogP contribution in [-0.2, 0) is 17.8 Å². The fourth-order valence-electron chi connectivity index (χ4n) is 3.14. The first-order chi connectivity index (χ1) is 12.6. The minimum atomic E-state index is 0.0644. The fraction of sp³-hybridized carbons (Fsp3) is 0.421. The van der Waals surface area contributed by atoms with Crippen molar-refractivity contribution in [2.45, 2.75) is 33.2 Å². The van der Waals surface area contributed by atoms with Gasteiger partial charge in [-0.3, -0.25) is 4.79 Å². The molecule has 2 aromatic heterocycles. The number of hydrogen-bond acceptors (Lipinski definition) is 6. The van der Waals surface area contributed by atoms with E-state index in [0.29, 0.717) is 13.1 Å². The summed E-state index contributed by atoms with van der Waals surface area (Å²) in [7, 11) is 1.86. The van der Waals surface area contributed by atoms with Crippen LogP contribution in [0.15, 0.2) is 30.3 Å². The van der Waals surface area contributed by atoms with E-state index in [0.717, 1.165) is 41.1 Å². The number of hydrogen-bond donors (Lipinski definition) is 2. The highest BCUT2D eigenvalue weighted by Crippen LogP contribution is 2.37. The highest BCUT2D eigenvalue weighted by atomic mass is 32.1. The van der Waals surface area contributed by atoms with Crippen molar-refractivity contribution in [1.29, 1.82) is 0 Å². The molecule has 3 rings (SSSR count). The molecule has 0 fully saturated rings. The predicted octanol–water partition coefficient (Wildman–Crippen LogP) is 3.08. The lowest BCUT2D eigenvalue weighted by Crippen LogP contribution is -2.34. The highest BCUT2D eigenvalue weighted by Gasteiger charge is 2.25. The fourth-order valence-corrected chi connectivity index (χ4v) is 4.34. The van der Waals surface area contributed by atoms with E-state index in [1.807, 2.05) is 24.9 Å². The van der Waals surface area contributed by atoms with Crippen LogP contribution in [0, 0.1) is 0 Å². The molecule has 138 valence electrons. The number of carbonyl (C=O) groups excluding carboxylic acids is 1. The number of carbonyl (C=O) groups is 1. The molecule has 2 aromatic rings. The molecular weight excluding hydrogens is 346 g/mol. The Morgan fingerprint density at radius 2 is 2.27 bits per heavy atom. The first-order valence-electron chi connectivity index (χ1n) is 8.93. The minimum Gasteiger partial charge on any atom is -0.344 e. The molecule has 1 amide bonds. The molecule has 0 saturated carbocycles. The summed E-state index contributed by atoms with van der Waals surface area (Å²) in [5.74, 6) is 0.929. The van der Waals surface area contributed by atoms with Gasteiger partial charge in [0.2, 0.25) is 5.91 Å². The number of rotatable bonds is 6. The number of anilines is 1. The van der Waals surface area contributed by atoms with Crippen molar-refractivity contribution >= 4 is 33.3 Å². The first-order valence-corrected chi connectivity index (χ1v) is 9.74. The van der Waals surface area contributed by atoms with E-state index >= 15 is 0 Å². The standard InChI is InChI=1S/C19H25N5OS/c1-4-6-13(2)23-18-17-14-8-10-24(16(25)7-5-9-20-3)11-15(14)26-19(17)22-12-21-18/h5-7,12,20H,4,8-11H2,1-3H3,(H,21,22,23)/b7-5+,13-6+. The molecule has 0 aromatic carbocycles. The number of nitrogens with one attached hydrogen (secondary N) is 2. The van der Waals surface area contributed by atoms with E-state index in [4.69, 9.17) is 0 Å². The van der Waals surface area contributed by atoms with E-state index < -0.39 is 0 Å². The summed E-state index contributed by atoms with van der Waals surface area (Å²) in [6.07, 6.45) is 9.08. The normalized spacial score (nSPS) is 14.9. The van der Waals surface area contributed by atoms with Gasteiger partial charge in [0.1, 0.15) is 17.0 Å². The monoisotopic (exact) mass is 371 g/mol. The van der Waals surface area contributed by atoms with Crippen molar-refractivity contribution in [1.82, 2.24) is 20.2 Å². The lowest BCUT2D eigenvalue weighted by molar-refractivity contribution is -0.126. The first kappa shape index (κ1) is 18.5. The van der Waals surface area contributed by atoms with Crippen LogP contribution < -0.4 is 10.6 Å². The Morgan fingerprint density at radius 3 is 3.04 bits per heavy atom. The summed E-state index contributed by atoms with van der Waals surface area (Å²) < 4.78 is 0. The number of likely N-dealkylation sites (N-methyl/N-ethyl adjacent to an activating group) is 1. The lowest BCUT2D eigenvalue weighted by atomic mass is 10.0. The topological polar surface area (TPSA) is 70.2 Å². The Labute approximate surface area is 158 Å². The molecule has 0 unspecified atom stereocenters. The Morgan fingerprint density at radius 1 is 1.42 bits per heavy atom. The van der Waals surface area contributed by atoms with Gasteiger partial charge in [-0.05, 0) is 32.4 Å². The molecule has 1 aliphatic heterocycles. The number of nitrogens with zero attached hydrogens (tertiary/aromatic N) is 3. The summed E-state index contributed by atoms with van der Waals surface area (Å²) in [4.78, 5) is 25.4. The molecule has 0 spiro atoms. The van der Waals surface area contributed by atoms with Crippen LogP contribution in [-0.4, -0.2) is 40.9 Å². The molecule has 0 atom stereocenters. The number of fused-ring (bicyclic) bond motifs is 3. The summed E-state index contributed by atoms with van der Waals surface area (Å²) in [5.41, 5.74) is 2.37. The molecule has 1 aliphatic rings. The van der Waals surface area contributed by atoms with Gasteiger partial charge in [-0.15, -0.1) is 11.3 Å². The third-order valence-electron chi connectivity index (χ3n) is 4.36. The van der Waals surface area contributed by atoms with Crippen molar-refractivity contribution < 1.29 is 4.79 Å². The number of amides is 1. The second kappa shape index (κ2) is 8.42. The zero-order valence-electron chi connectivity index (χ0n) is 15.5. The van der Waals surface area contributed by atoms with Gasteiger partial charge in [-0.1, -0.05) is 19.1 Å². The Hall–Kier alpha value is -2.25.